The van der Waals surface area contributed by atoms with Crippen molar-refractivity contribution in [1.29, 1.82) is 0 Å². The standard InChI is InChI=1S/C19H23N3O2/c1-13(2)19(24)22-16-10-8-14(9-11-16)12-21-17(18(20)23)15-6-4-3-5-7-15/h3-11,13,17,21H,12H2,1-2H3,(H2,20,23)(H,22,24)/t17-/m0/s1. The van der Waals surface area contributed by atoms with Crippen LogP contribution in [0.1, 0.15) is 31.0 Å². The van der Waals surface area contributed by atoms with Crippen LogP contribution in [-0.2, 0) is 16.1 Å². The van der Waals surface area contributed by atoms with Gasteiger partial charge in [0.15, 0.2) is 0 Å². The molecule has 5 nitrogen and oxygen atoms in total. The molecule has 0 aromatic heterocycles. The quantitative estimate of drug-likeness (QED) is 0.731. The van der Waals surface area contributed by atoms with Gasteiger partial charge in [-0.05, 0) is 23.3 Å². The number of hydrogen-bond donors (Lipinski definition) is 3. The van der Waals surface area contributed by atoms with E-state index >= 15 is 0 Å². The molecule has 4 N–H and O–H groups in total. The van der Waals surface area contributed by atoms with Gasteiger partial charge in [-0.15, -0.1) is 0 Å². The fraction of sp³-hybridized carbons (Fsp3) is 0.263. The molecule has 0 saturated carbocycles. The highest BCUT2D eigenvalue weighted by Gasteiger charge is 2.16. The maximum atomic E-state index is 11.7. The predicted molar refractivity (Wildman–Crippen MR) is 95.1 cm³/mol. The van der Waals surface area contributed by atoms with E-state index < -0.39 is 11.9 Å². The highest BCUT2D eigenvalue weighted by Crippen LogP contribution is 2.15. The Balaban J connectivity index is 1.98. The van der Waals surface area contributed by atoms with E-state index in [1.54, 1.807) is 0 Å². The zero-order chi connectivity index (χ0) is 17.5. The molecule has 0 aliphatic carbocycles. The largest absolute Gasteiger partial charge is 0.368 e. The summed E-state index contributed by atoms with van der Waals surface area (Å²) >= 11 is 0. The molecule has 2 amide bonds. The number of hydrogen-bond acceptors (Lipinski definition) is 3. The number of nitrogens with two attached hydrogens (primary N) is 1. The molecule has 0 saturated heterocycles. The van der Waals surface area contributed by atoms with Crippen molar-refractivity contribution in [2.75, 3.05) is 5.32 Å². The van der Waals surface area contributed by atoms with Crippen LogP contribution in [0.2, 0.25) is 0 Å². The van der Waals surface area contributed by atoms with Crippen molar-refractivity contribution in [3.63, 3.8) is 0 Å². The van der Waals surface area contributed by atoms with Crippen molar-refractivity contribution in [1.82, 2.24) is 5.32 Å². The summed E-state index contributed by atoms with van der Waals surface area (Å²) in [6.07, 6.45) is 0. The summed E-state index contributed by atoms with van der Waals surface area (Å²) in [4.78, 5) is 23.3. The lowest BCUT2D eigenvalue weighted by atomic mass is 10.1. The number of rotatable bonds is 7. The van der Waals surface area contributed by atoms with Crippen LogP contribution in [-0.4, -0.2) is 11.8 Å². The minimum atomic E-state index is -0.536. The average Bonchev–Trinajstić information content (AvgIpc) is 2.57. The molecular weight excluding hydrogens is 302 g/mol. The second kappa shape index (κ2) is 8.26. The van der Waals surface area contributed by atoms with Gasteiger partial charge < -0.3 is 11.1 Å². The van der Waals surface area contributed by atoms with Gasteiger partial charge in [0.25, 0.3) is 0 Å². The third kappa shape index (κ3) is 4.93. The van der Waals surface area contributed by atoms with Gasteiger partial charge in [0.05, 0.1) is 0 Å². The third-order valence-electron chi connectivity index (χ3n) is 3.67. The molecule has 0 heterocycles. The lowest BCUT2D eigenvalue weighted by molar-refractivity contribution is -0.120. The number of carbonyl (C=O) groups is 2. The first-order valence-electron chi connectivity index (χ1n) is 7.95. The molecule has 2 aromatic rings. The van der Waals surface area contributed by atoms with Crippen molar-refractivity contribution in [3.05, 3.63) is 65.7 Å². The molecule has 5 heteroatoms. The fourth-order valence-corrected chi connectivity index (χ4v) is 2.24. The number of carbonyl (C=O) groups excluding carboxylic acids is 2. The van der Waals surface area contributed by atoms with E-state index in [0.717, 1.165) is 16.8 Å². The SMILES string of the molecule is CC(C)C(=O)Nc1ccc(CN[C@H](C(N)=O)c2ccccc2)cc1. The van der Waals surface area contributed by atoms with Crippen molar-refractivity contribution in [2.24, 2.45) is 11.7 Å². The van der Waals surface area contributed by atoms with Crippen molar-refractivity contribution in [3.8, 4) is 0 Å². The van der Waals surface area contributed by atoms with E-state index in [1.165, 1.54) is 0 Å². The van der Waals surface area contributed by atoms with E-state index in [1.807, 2.05) is 68.4 Å². The topological polar surface area (TPSA) is 84.2 Å². The monoisotopic (exact) mass is 325 g/mol. The summed E-state index contributed by atoms with van der Waals surface area (Å²) in [5.41, 5.74) is 8.09. The Morgan fingerprint density at radius 1 is 1.00 bits per heavy atom. The summed E-state index contributed by atoms with van der Waals surface area (Å²) in [5, 5.41) is 6.01. The molecular formula is C19H23N3O2. The number of anilines is 1. The van der Waals surface area contributed by atoms with Crippen LogP contribution < -0.4 is 16.4 Å². The first-order valence-corrected chi connectivity index (χ1v) is 7.95. The zero-order valence-corrected chi connectivity index (χ0v) is 14.0. The van der Waals surface area contributed by atoms with Crippen molar-refractivity contribution < 1.29 is 9.59 Å². The molecule has 0 radical (unpaired) electrons. The summed E-state index contributed by atoms with van der Waals surface area (Å²) in [6.45, 7) is 4.20. The normalized spacial score (nSPS) is 12.0. The Labute approximate surface area is 142 Å². The van der Waals surface area contributed by atoms with Gasteiger partial charge in [0.1, 0.15) is 6.04 Å². The smallest absolute Gasteiger partial charge is 0.239 e. The zero-order valence-electron chi connectivity index (χ0n) is 14.0. The van der Waals surface area contributed by atoms with E-state index in [9.17, 15) is 9.59 Å². The first-order chi connectivity index (χ1) is 11.5. The van der Waals surface area contributed by atoms with Crippen molar-refractivity contribution >= 4 is 17.5 Å². The maximum Gasteiger partial charge on any atom is 0.239 e. The van der Waals surface area contributed by atoms with Crippen LogP contribution in [0, 0.1) is 5.92 Å². The van der Waals surface area contributed by atoms with Gasteiger partial charge in [-0.3, -0.25) is 14.9 Å². The molecule has 2 aromatic carbocycles. The molecule has 2 rings (SSSR count). The Morgan fingerprint density at radius 2 is 1.62 bits per heavy atom. The maximum absolute atomic E-state index is 11.7. The molecule has 0 aliphatic heterocycles. The number of benzene rings is 2. The highest BCUT2D eigenvalue weighted by atomic mass is 16.2. The summed E-state index contributed by atoms with van der Waals surface area (Å²) in [6, 6.07) is 16.4. The van der Waals surface area contributed by atoms with Crippen LogP contribution in [0.15, 0.2) is 54.6 Å². The predicted octanol–water partition coefficient (Wildman–Crippen LogP) is 2.60. The van der Waals surface area contributed by atoms with Gasteiger partial charge in [-0.2, -0.15) is 0 Å². The minimum absolute atomic E-state index is 0.0151. The molecule has 0 spiro atoms. The van der Waals surface area contributed by atoms with E-state index in [2.05, 4.69) is 10.6 Å². The lowest BCUT2D eigenvalue weighted by Crippen LogP contribution is -2.33. The van der Waals surface area contributed by atoms with E-state index in [0.29, 0.717) is 6.54 Å². The molecule has 0 bridgehead atoms. The van der Waals surface area contributed by atoms with E-state index in [4.69, 9.17) is 5.73 Å². The molecule has 0 unspecified atom stereocenters. The number of nitrogens with one attached hydrogen (secondary N) is 2. The summed E-state index contributed by atoms with van der Waals surface area (Å²) in [7, 11) is 0. The Morgan fingerprint density at radius 3 is 2.17 bits per heavy atom. The summed E-state index contributed by atoms with van der Waals surface area (Å²) in [5.74, 6) is -0.491. The average molecular weight is 325 g/mol. The Hall–Kier alpha value is -2.66. The highest BCUT2D eigenvalue weighted by molar-refractivity contribution is 5.92. The van der Waals surface area contributed by atoms with Crippen molar-refractivity contribution in [2.45, 2.75) is 26.4 Å². The van der Waals surface area contributed by atoms with Gasteiger partial charge in [0.2, 0.25) is 11.8 Å². The first kappa shape index (κ1) is 17.7. The molecule has 24 heavy (non-hydrogen) atoms. The lowest BCUT2D eigenvalue weighted by Gasteiger charge is -2.16. The van der Waals surface area contributed by atoms with Gasteiger partial charge in [-0.25, -0.2) is 0 Å². The van der Waals surface area contributed by atoms with Gasteiger partial charge >= 0.3 is 0 Å². The number of amides is 2. The third-order valence-corrected chi connectivity index (χ3v) is 3.67. The fourth-order valence-electron chi connectivity index (χ4n) is 2.24. The Kier molecular flexibility index (Phi) is 6.09. The van der Waals surface area contributed by atoms with Gasteiger partial charge in [0, 0.05) is 18.2 Å². The summed E-state index contributed by atoms with van der Waals surface area (Å²) < 4.78 is 0. The van der Waals surface area contributed by atoms with Crippen LogP contribution in [0.4, 0.5) is 5.69 Å². The number of primary amides is 1. The molecule has 1 atom stereocenters. The van der Waals surface area contributed by atoms with Crippen LogP contribution >= 0.6 is 0 Å². The van der Waals surface area contributed by atoms with Crippen LogP contribution in [0.25, 0.3) is 0 Å². The molecule has 0 aliphatic rings. The van der Waals surface area contributed by atoms with Gasteiger partial charge in [-0.1, -0.05) is 56.3 Å². The molecule has 0 fully saturated rings. The van der Waals surface area contributed by atoms with E-state index in [-0.39, 0.29) is 11.8 Å². The minimum Gasteiger partial charge on any atom is -0.368 e. The molecule has 126 valence electrons. The second-order valence-electron chi connectivity index (χ2n) is 5.97. The second-order valence-corrected chi connectivity index (χ2v) is 5.97. The van der Waals surface area contributed by atoms with Crippen LogP contribution in [0.3, 0.4) is 0 Å². The Bertz CT molecular complexity index is 682. The van der Waals surface area contributed by atoms with Crippen LogP contribution in [0.5, 0.6) is 0 Å².